The van der Waals surface area contributed by atoms with Crippen molar-refractivity contribution in [1.29, 1.82) is 0 Å². The summed E-state index contributed by atoms with van der Waals surface area (Å²) in [6, 6.07) is 10.4. The van der Waals surface area contributed by atoms with Crippen molar-refractivity contribution < 1.29 is 23.1 Å². The molecule has 0 bridgehead atoms. The van der Waals surface area contributed by atoms with Gasteiger partial charge in [-0.25, -0.2) is 8.78 Å². The summed E-state index contributed by atoms with van der Waals surface area (Å²) in [5.74, 6) is -0.894. The molecule has 31 heavy (non-hydrogen) atoms. The Hall–Kier alpha value is -2.71. The highest BCUT2D eigenvalue weighted by Gasteiger charge is 2.35. The molecule has 2 aromatic carbocycles. The molecule has 1 aliphatic rings. The topological polar surface area (TPSA) is 84.7 Å². The Morgan fingerprint density at radius 2 is 1.90 bits per heavy atom. The molecule has 1 fully saturated rings. The molecule has 0 atom stereocenters. The van der Waals surface area contributed by atoms with Crippen LogP contribution in [-0.2, 0) is 0 Å². The van der Waals surface area contributed by atoms with E-state index in [0.717, 1.165) is 6.07 Å². The van der Waals surface area contributed by atoms with E-state index in [9.17, 15) is 14.0 Å². The van der Waals surface area contributed by atoms with Gasteiger partial charge in [0.05, 0.1) is 5.02 Å². The molecule has 1 aliphatic heterocycles. The molecule has 0 unspecified atom stereocenters. The molecule has 6 nitrogen and oxygen atoms in total. The number of nitrogens with one attached hydrogen (secondary N) is 1. The fourth-order valence-electron chi connectivity index (χ4n) is 3.39. The molecule has 2 aromatic rings. The highest BCUT2D eigenvalue weighted by Crippen LogP contribution is 2.27. The lowest BCUT2D eigenvalue weighted by atomic mass is 9.93. The van der Waals surface area contributed by atoms with Gasteiger partial charge in [-0.2, -0.15) is 0 Å². The lowest BCUT2D eigenvalue weighted by Gasteiger charge is -2.36. The number of carbonyl (C=O) groups excluding carboxylic acids is 2. The van der Waals surface area contributed by atoms with E-state index >= 15 is 4.39 Å². The number of amides is 2. The molecule has 0 radical (unpaired) electrons. The van der Waals surface area contributed by atoms with Crippen molar-refractivity contribution in [2.45, 2.75) is 18.5 Å². The Morgan fingerprint density at radius 3 is 2.58 bits per heavy atom. The summed E-state index contributed by atoms with van der Waals surface area (Å²) in [7, 11) is 0. The number of nitrogens with zero attached hydrogens (tertiary/aromatic N) is 1. The van der Waals surface area contributed by atoms with E-state index in [2.05, 4.69) is 5.32 Å². The van der Waals surface area contributed by atoms with Crippen molar-refractivity contribution in [3.63, 3.8) is 0 Å². The summed E-state index contributed by atoms with van der Waals surface area (Å²) >= 11 is 5.74. The van der Waals surface area contributed by atoms with Crippen LogP contribution in [0.3, 0.4) is 0 Å². The number of primary amides is 1. The minimum Gasteiger partial charge on any atom is -0.492 e. The minimum absolute atomic E-state index is 0.115. The number of halogens is 3. The molecule has 2 amide bonds. The molecule has 0 saturated carbocycles. The smallest absolute Gasteiger partial charge is 0.253 e. The predicted molar refractivity (Wildman–Crippen MR) is 114 cm³/mol. The van der Waals surface area contributed by atoms with Crippen LogP contribution >= 0.6 is 11.6 Å². The van der Waals surface area contributed by atoms with E-state index in [1.807, 2.05) is 0 Å². The van der Waals surface area contributed by atoms with Crippen LogP contribution in [0, 0.1) is 5.82 Å². The number of alkyl halides is 1. The molecule has 0 aliphatic carbocycles. The van der Waals surface area contributed by atoms with Crippen LogP contribution in [0.15, 0.2) is 42.5 Å². The van der Waals surface area contributed by atoms with Gasteiger partial charge in [-0.3, -0.25) is 9.59 Å². The fourth-order valence-corrected chi connectivity index (χ4v) is 3.57. The maximum Gasteiger partial charge on any atom is 0.253 e. The van der Waals surface area contributed by atoms with Gasteiger partial charge in [0.2, 0.25) is 5.91 Å². The third kappa shape index (κ3) is 6.15. The minimum atomic E-state index is -1.43. The first-order valence-electron chi connectivity index (χ1n) is 9.94. The highest BCUT2D eigenvalue weighted by molar-refractivity contribution is 6.31. The van der Waals surface area contributed by atoms with Gasteiger partial charge < -0.3 is 20.7 Å². The van der Waals surface area contributed by atoms with E-state index in [1.165, 1.54) is 12.1 Å². The fraction of sp³-hybridized carbons (Fsp3) is 0.364. The zero-order valence-corrected chi connectivity index (χ0v) is 17.6. The Kier molecular flexibility index (Phi) is 7.46. The van der Waals surface area contributed by atoms with Gasteiger partial charge in [0.1, 0.15) is 23.8 Å². The number of ether oxygens (including phenoxy) is 1. The maximum absolute atomic E-state index is 15.1. The standard InChI is InChI=1S/C22H24ClF2N3O3/c23-18-13-16(4-5-19(18)24)21(30)28-9-6-22(25,7-10-28)14-27-8-11-31-17-3-1-2-15(12-17)20(26)29/h1-5,12-13,27H,6-11,14H2,(H2,26,29). The van der Waals surface area contributed by atoms with E-state index in [0.29, 0.717) is 24.5 Å². The monoisotopic (exact) mass is 451 g/mol. The summed E-state index contributed by atoms with van der Waals surface area (Å²) in [5, 5.41) is 2.92. The van der Waals surface area contributed by atoms with Crippen LogP contribution in [0.5, 0.6) is 5.75 Å². The maximum atomic E-state index is 15.1. The zero-order chi connectivity index (χ0) is 22.4. The molecule has 0 spiro atoms. The van der Waals surface area contributed by atoms with Crippen LogP contribution in [0.2, 0.25) is 5.02 Å². The van der Waals surface area contributed by atoms with Gasteiger partial charge in [-0.05, 0) is 36.4 Å². The third-order valence-electron chi connectivity index (χ3n) is 5.22. The molecule has 1 saturated heterocycles. The normalized spacial score (nSPS) is 15.5. The number of hydrogen-bond donors (Lipinski definition) is 2. The molecular formula is C22H24ClF2N3O3. The van der Waals surface area contributed by atoms with Crippen LogP contribution in [0.4, 0.5) is 8.78 Å². The van der Waals surface area contributed by atoms with Crippen molar-refractivity contribution in [3.05, 3.63) is 64.4 Å². The van der Waals surface area contributed by atoms with Crippen molar-refractivity contribution >= 4 is 23.4 Å². The zero-order valence-electron chi connectivity index (χ0n) is 16.9. The molecule has 166 valence electrons. The summed E-state index contributed by atoms with van der Waals surface area (Å²) in [4.78, 5) is 25.3. The molecule has 1 heterocycles. The Balaban J connectivity index is 1.40. The highest BCUT2D eigenvalue weighted by atomic mass is 35.5. The Morgan fingerprint density at radius 1 is 1.16 bits per heavy atom. The number of nitrogens with two attached hydrogens (primary N) is 1. The molecule has 9 heteroatoms. The predicted octanol–water partition coefficient (Wildman–Crippen LogP) is 3.19. The quantitative estimate of drug-likeness (QED) is 0.604. The number of carbonyl (C=O) groups is 2. The van der Waals surface area contributed by atoms with Crippen molar-refractivity contribution in [1.82, 2.24) is 10.2 Å². The molecule has 3 rings (SSSR count). The van der Waals surface area contributed by atoms with Gasteiger partial charge in [-0.1, -0.05) is 17.7 Å². The molecule has 0 aromatic heterocycles. The van der Waals surface area contributed by atoms with Gasteiger partial charge in [0, 0.05) is 50.1 Å². The second-order valence-corrected chi connectivity index (χ2v) is 7.90. The number of likely N-dealkylation sites (tertiary alicyclic amines) is 1. The van der Waals surface area contributed by atoms with Crippen molar-refractivity contribution in [3.8, 4) is 5.75 Å². The van der Waals surface area contributed by atoms with E-state index in [4.69, 9.17) is 22.1 Å². The van der Waals surface area contributed by atoms with E-state index in [1.54, 1.807) is 29.2 Å². The lowest BCUT2D eigenvalue weighted by molar-refractivity contribution is 0.0433. The second kappa shape index (κ2) is 10.1. The first-order valence-corrected chi connectivity index (χ1v) is 10.3. The Bertz CT molecular complexity index is 949. The van der Waals surface area contributed by atoms with Gasteiger partial charge in [-0.15, -0.1) is 0 Å². The summed E-state index contributed by atoms with van der Waals surface area (Å²) < 4.78 is 33.9. The summed E-state index contributed by atoms with van der Waals surface area (Å²) in [6.07, 6.45) is 0.393. The number of hydrogen-bond acceptors (Lipinski definition) is 4. The first-order chi connectivity index (χ1) is 14.8. The average molecular weight is 452 g/mol. The van der Waals surface area contributed by atoms with Gasteiger partial charge >= 0.3 is 0 Å². The van der Waals surface area contributed by atoms with Gasteiger partial charge in [0.15, 0.2) is 0 Å². The average Bonchev–Trinajstić information content (AvgIpc) is 2.75. The van der Waals surface area contributed by atoms with Crippen LogP contribution in [-0.4, -0.2) is 55.2 Å². The Labute approximate surface area is 184 Å². The van der Waals surface area contributed by atoms with Crippen molar-refractivity contribution in [2.24, 2.45) is 5.73 Å². The van der Waals surface area contributed by atoms with Crippen LogP contribution < -0.4 is 15.8 Å². The van der Waals surface area contributed by atoms with Crippen molar-refractivity contribution in [2.75, 3.05) is 32.8 Å². The van der Waals surface area contributed by atoms with Gasteiger partial charge in [0.25, 0.3) is 5.91 Å². The first kappa shape index (κ1) is 23.0. The number of piperidine rings is 1. The second-order valence-electron chi connectivity index (χ2n) is 7.49. The summed E-state index contributed by atoms with van der Waals surface area (Å²) in [5.41, 5.74) is 4.45. The molecular weight excluding hydrogens is 428 g/mol. The largest absolute Gasteiger partial charge is 0.492 e. The van der Waals surface area contributed by atoms with Crippen LogP contribution in [0.1, 0.15) is 33.6 Å². The van der Waals surface area contributed by atoms with E-state index in [-0.39, 0.29) is 49.0 Å². The number of rotatable bonds is 8. The summed E-state index contributed by atoms with van der Waals surface area (Å²) in [6.45, 7) is 1.39. The van der Waals surface area contributed by atoms with Crippen LogP contribution in [0.25, 0.3) is 0 Å². The SMILES string of the molecule is NC(=O)c1cccc(OCCNCC2(F)CCN(C(=O)c3ccc(F)c(Cl)c3)CC2)c1. The lowest BCUT2D eigenvalue weighted by Crippen LogP contribution is -2.49. The third-order valence-corrected chi connectivity index (χ3v) is 5.51. The molecule has 3 N–H and O–H groups in total. The number of benzene rings is 2. The van der Waals surface area contributed by atoms with E-state index < -0.39 is 17.4 Å².